The first kappa shape index (κ1) is 35.0. The molecule has 12 rings (SSSR count). The fourth-order valence-electron chi connectivity index (χ4n) is 11.4. The van der Waals surface area contributed by atoms with Crippen LogP contribution < -0.4 is 15.6 Å². The molecule has 0 N–H and O–H groups in total. The van der Waals surface area contributed by atoms with Gasteiger partial charge in [0.25, 0.3) is 0 Å². The van der Waals surface area contributed by atoms with Gasteiger partial charge in [0.15, 0.2) is 8.07 Å². The van der Waals surface area contributed by atoms with Gasteiger partial charge < -0.3 is 9.13 Å². The molecule has 2 heterocycles. The lowest BCUT2D eigenvalue weighted by atomic mass is 9.81. The molecule has 2 aliphatic rings. The van der Waals surface area contributed by atoms with E-state index in [4.69, 9.17) is 0 Å². The Kier molecular flexibility index (Phi) is 7.76. The first-order valence-electron chi connectivity index (χ1n) is 21.3. The van der Waals surface area contributed by atoms with Gasteiger partial charge >= 0.3 is 0 Å². The van der Waals surface area contributed by atoms with Gasteiger partial charge in [0.05, 0.1) is 22.1 Å². The second-order valence-corrected chi connectivity index (χ2v) is 21.2. The first-order chi connectivity index (χ1) is 29.6. The van der Waals surface area contributed by atoms with Gasteiger partial charge in [-0.25, -0.2) is 0 Å². The maximum atomic E-state index is 2.60. The number of hydrogen-bond acceptors (Lipinski definition) is 0. The Morgan fingerprint density at radius 2 is 1.05 bits per heavy atom. The predicted octanol–water partition coefficient (Wildman–Crippen LogP) is 12.5. The standard InChI is InChI=1S/C57H44N2Si/c1-57(2)50-29-15-12-25-44(50)47-37-38-49-46-27-14-17-31-52(46)59(56(49)54(47)57)40-33-35-43(36-34-40)60(41-21-8-4-9-22-41,42-23-10-5-11-24-42)53-32-18-28-48-45-26-13-16-30-51(45)58(55(48)53)39-19-6-3-7-20-39/h3-35,37-38,43H,36H2,1-2H3. The van der Waals surface area contributed by atoms with Gasteiger partial charge in [-0.1, -0.05) is 196 Å². The third-order valence-electron chi connectivity index (χ3n) is 13.8. The molecule has 0 bridgehead atoms. The van der Waals surface area contributed by atoms with Crippen LogP contribution in [0.25, 0.3) is 66.1 Å². The van der Waals surface area contributed by atoms with E-state index in [1.807, 2.05) is 0 Å². The second kappa shape index (κ2) is 13.3. The maximum absolute atomic E-state index is 2.88. The van der Waals surface area contributed by atoms with Crippen molar-refractivity contribution in [2.24, 2.45) is 0 Å². The average Bonchev–Trinajstić information content (AvgIpc) is 3.91. The van der Waals surface area contributed by atoms with Crippen molar-refractivity contribution in [3.8, 4) is 16.8 Å². The Morgan fingerprint density at radius 3 is 1.72 bits per heavy atom. The summed E-state index contributed by atoms with van der Waals surface area (Å²) in [6.07, 6.45) is 8.54. The smallest absolute Gasteiger partial charge is 0.157 e. The number of rotatable bonds is 6. The first-order valence-corrected chi connectivity index (χ1v) is 23.4. The fraction of sp³-hybridized carbons (Fsp3) is 0.0877. The summed E-state index contributed by atoms with van der Waals surface area (Å²) < 4.78 is 5.13. The lowest BCUT2D eigenvalue weighted by molar-refractivity contribution is 0.664. The lowest BCUT2D eigenvalue weighted by Gasteiger charge is -2.41. The summed E-state index contributed by atoms with van der Waals surface area (Å²) >= 11 is 0. The molecule has 60 heavy (non-hydrogen) atoms. The van der Waals surface area contributed by atoms with Crippen LogP contribution in [0.2, 0.25) is 5.54 Å². The number of fused-ring (bicyclic) bond motifs is 10. The third kappa shape index (κ3) is 4.81. The fourth-order valence-corrected chi connectivity index (χ4v) is 16.8. The van der Waals surface area contributed by atoms with Gasteiger partial charge in [-0.15, -0.1) is 0 Å². The summed E-state index contributed by atoms with van der Waals surface area (Å²) in [5.74, 6) is 0. The zero-order chi connectivity index (χ0) is 40.0. The second-order valence-electron chi connectivity index (χ2n) is 17.2. The summed E-state index contributed by atoms with van der Waals surface area (Å²) in [6, 6.07) is 72.8. The van der Waals surface area contributed by atoms with E-state index in [1.54, 1.807) is 0 Å². The van der Waals surface area contributed by atoms with Gasteiger partial charge in [-0.3, -0.25) is 0 Å². The van der Waals surface area contributed by atoms with Crippen molar-refractivity contribution in [3.05, 3.63) is 223 Å². The Morgan fingerprint density at radius 1 is 0.483 bits per heavy atom. The van der Waals surface area contributed by atoms with Gasteiger partial charge in [-0.05, 0) is 80.1 Å². The number of allylic oxidation sites excluding steroid dienone is 4. The highest BCUT2D eigenvalue weighted by atomic mass is 28.3. The minimum Gasteiger partial charge on any atom is -0.309 e. The summed E-state index contributed by atoms with van der Waals surface area (Å²) in [6.45, 7) is 4.82. The monoisotopic (exact) mass is 784 g/mol. The molecule has 0 spiro atoms. The molecule has 8 aromatic carbocycles. The van der Waals surface area contributed by atoms with Gasteiger partial charge in [0.1, 0.15) is 0 Å². The summed E-state index contributed by atoms with van der Waals surface area (Å²) in [4.78, 5) is 0. The van der Waals surface area contributed by atoms with Crippen molar-refractivity contribution in [2.75, 3.05) is 0 Å². The molecule has 0 fully saturated rings. The van der Waals surface area contributed by atoms with Crippen LogP contribution in [-0.4, -0.2) is 17.2 Å². The topological polar surface area (TPSA) is 9.86 Å². The van der Waals surface area contributed by atoms with Crippen LogP contribution in [0.15, 0.2) is 212 Å². The minimum atomic E-state index is -2.88. The van der Waals surface area contributed by atoms with Crippen molar-refractivity contribution in [1.29, 1.82) is 0 Å². The van der Waals surface area contributed by atoms with Crippen molar-refractivity contribution in [2.45, 2.75) is 31.2 Å². The quantitative estimate of drug-likeness (QED) is 0.117. The maximum Gasteiger partial charge on any atom is 0.157 e. The highest BCUT2D eigenvalue weighted by Gasteiger charge is 2.47. The molecule has 3 heteroatoms. The van der Waals surface area contributed by atoms with E-state index in [9.17, 15) is 0 Å². The summed E-state index contributed by atoms with van der Waals surface area (Å²) in [5, 5.41) is 9.50. The van der Waals surface area contributed by atoms with E-state index in [0.717, 1.165) is 6.42 Å². The molecule has 1 unspecified atom stereocenters. The number of benzene rings is 8. The predicted molar refractivity (Wildman–Crippen MR) is 257 cm³/mol. The molecular formula is C57H44N2Si. The van der Waals surface area contributed by atoms with Gasteiger partial charge in [0, 0.05) is 38.3 Å². The van der Waals surface area contributed by atoms with Crippen molar-refractivity contribution >= 4 is 72.9 Å². The SMILES string of the molecule is CC1(C)c2ccccc2-c2ccc3c4ccccc4n(C4=CCC([Si](c5ccccc5)(c5ccccc5)c5cccc6c7ccccc7n(-c7ccccc7)c56)C=C4)c3c21. The molecule has 286 valence electrons. The number of aromatic nitrogens is 2. The van der Waals surface area contributed by atoms with E-state index < -0.39 is 8.07 Å². The molecule has 2 nitrogen and oxygen atoms in total. The third-order valence-corrected chi connectivity index (χ3v) is 19.1. The summed E-state index contributed by atoms with van der Waals surface area (Å²) in [5.41, 5.74) is 13.2. The van der Waals surface area contributed by atoms with Crippen LogP contribution in [0, 0.1) is 0 Å². The summed E-state index contributed by atoms with van der Waals surface area (Å²) in [7, 11) is -2.88. The number of para-hydroxylation sites is 4. The van der Waals surface area contributed by atoms with Gasteiger partial charge in [0.2, 0.25) is 0 Å². The van der Waals surface area contributed by atoms with Gasteiger partial charge in [-0.2, -0.15) is 0 Å². The number of hydrogen-bond donors (Lipinski definition) is 0. The lowest BCUT2D eigenvalue weighted by Crippen LogP contribution is -2.70. The van der Waals surface area contributed by atoms with Crippen LogP contribution >= 0.6 is 0 Å². The van der Waals surface area contributed by atoms with Crippen molar-refractivity contribution < 1.29 is 0 Å². The van der Waals surface area contributed by atoms with E-state index in [0.29, 0.717) is 0 Å². The molecule has 0 radical (unpaired) electrons. The highest BCUT2D eigenvalue weighted by molar-refractivity contribution is 7.13. The molecule has 10 aromatic rings. The normalized spacial score (nSPS) is 15.8. The van der Waals surface area contributed by atoms with Crippen LogP contribution in [-0.2, 0) is 5.41 Å². The molecule has 0 saturated heterocycles. The molecule has 0 saturated carbocycles. The van der Waals surface area contributed by atoms with Crippen LogP contribution in [0.3, 0.4) is 0 Å². The zero-order valence-corrected chi connectivity index (χ0v) is 34.9. The molecule has 2 aliphatic carbocycles. The zero-order valence-electron chi connectivity index (χ0n) is 33.9. The Balaban J connectivity index is 1.12. The highest BCUT2D eigenvalue weighted by Crippen LogP contribution is 2.53. The van der Waals surface area contributed by atoms with Crippen LogP contribution in [0.5, 0.6) is 0 Å². The largest absolute Gasteiger partial charge is 0.309 e. The van der Waals surface area contributed by atoms with Crippen molar-refractivity contribution in [3.63, 3.8) is 0 Å². The molecule has 0 amide bonds. The molecule has 0 aliphatic heterocycles. The van der Waals surface area contributed by atoms with E-state index in [-0.39, 0.29) is 11.0 Å². The number of nitrogens with zero attached hydrogens (tertiary/aromatic N) is 2. The van der Waals surface area contributed by atoms with E-state index in [1.165, 1.54) is 92.8 Å². The van der Waals surface area contributed by atoms with Crippen molar-refractivity contribution in [1.82, 2.24) is 9.13 Å². The Bertz CT molecular complexity index is 3330. The Labute approximate surface area is 352 Å². The molecule has 1 atom stereocenters. The molecular weight excluding hydrogens is 741 g/mol. The molecule has 2 aromatic heterocycles. The Hall–Kier alpha value is -6.94. The average molecular weight is 785 g/mol. The van der Waals surface area contributed by atoms with Crippen LogP contribution in [0.4, 0.5) is 0 Å². The minimum absolute atomic E-state index is 0.141. The van der Waals surface area contributed by atoms with E-state index in [2.05, 4.69) is 235 Å². The van der Waals surface area contributed by atoms with Crippen LogP contribution in [0.1, 0.15) is 31.4 Å². The van der Waals surface area contributed by atoms with E-state index >= 15 is 0 Å².